The average Bonchev–Trinajstić information content (AvgIpc) is 1.00. The second kappa shape index (κ2) is 23.0. The molecule has 5 heteroatoms. The molecule has 0 aromatic heterocycles. The van der Waals surface area contributed by atoms with E-state index in [1.807, 2.05) is 0 Å². The Bertz CT molecular complexity index is 11.6. The van der Waals surface area contributed by atoms with E-state index in [1.54, 1.807) is 0 Å². The Kier molecular flexibility index (Phi) is 103. The van der Waals surface area contributed by atoms with E-state index in [2.05, 4.69) is 28.9 Å². The molecule has 5 heavy (non-hydrogen) atoms. The topological polar surface area (TPSA) is 0 Å². The SMILES string of the molecule is PI.[CaH2].[KH].[NaH]. The zero-order valence-electron chi connectivity index (χ0n) is 0.955. The summed E-state index contributed by atoms with van der Waals surface area (Å²) < 4.78 is 0. The van der Waals surface area contributed by atoms with Gasteiger partial charge >= 0.3 is 119 Å². The Labute approximate surface area is 143 Å². The molecule has 0 fully saturated rings. The van der Waals surface area contributed by atoms with Crippen molar-refractivity contribution < 1.29 is 0 Å². The van der Waals surface area contributed by atoms with Gasteiger partial charge in [0.1, 0.15) is 0 Å². The summed E-state index contributed by atoms with van der Waals surface area (Å²) >= 11 is 2.07. The monoisotopic (exact) mass is 266 g/mol. The molecule has 0 rings (SSSR count). The summed E-state index contributed by atoms with van der Waals surface area (Å²) in [7, 11) is 0. The van der Waals surface area contributed by atoms with E-state index < -0.39 is 0 Å². The van der Waals surface area contributed by atoms with Crippen LogP contribution in [-0.2, 0) is 0 Å². The van der Waals surface area contributed by atoms with Gasteiger partial charge in [0.25, 0.3) is 0 Å². The van der Waals surface area contributed by atoms with Crippen molar-refractivity contribution in [3.05, 3.63) is 0 Å². The van der Waals surface area contributed by atoms with Crippen LogP contribution in [0.4, 0.5) is 0 Å². The summed E-state index contributed by atoms with van der Waals surface area (Å²) in [6.07, 6.45) is 0. The van der Waals surface area contributed by atoms with Crippen LogP contribution in [0.5, 0.6) is 0 Å². The van der Waals surface area contributed by atoms with Crippen molar-refractivity contribution in [2.45, 2.75) is 0 Å². The average molecular weight is 266 g/mol. The van der Waals surface area contributed by atoms with E-state index in [-0.39, 0.29) is 119 Å². The van der Waals surface area contributed by atoms with Crippen molar-refractivity contribution in [3.63, 3.8) is 0 Å². The predicted molar refractivity (Wildman–Crippen MR) is 46.6 cm³/mol. The fraction of sp³-hybridized carbons (Fsp3) is 0. The van der Waals surface area contributed by atoms with Crippen molar-refractivity contribution in [2.75, 3.05) is 0 Å². The first-order chi connectivity index (χ1) is 1.00. The molecule has 0 N–H and O–H groups in total. The van der Waals surface area contributed by atoms with Gasteiger partial charge in [0.2, 0.25) is 0 Å². The fourth-order valence-corrected chi connectivity index (χ4v) is 0. The molecular formula is H6CaIKNaP. The first kappa shape index (κ1) is 22.5. The molecule has 0 aromatic carbocycles. The summed E-state index contributed by atoms with van der Waals surface area (Å²) in [6, 6.07) is 0. The normalized spacial score (nSPS) is 1.20. The number of halogens is 1. The van der Waals surface area contributed by atoms with Gasteiger partial charge in [0.15, 0.2) is 0 Å². The van der Waals surface area contributed by atoms with E-state index in [9.17, 15) is 0 Å². The molecule has 0 saturated heterocycles. The minimum atomic E-state index is 0. The second-order valence-electron chi connectivity index (χ2n) is 0. The molecule has 0 bridgehead atoms. The minimum absolute atomic E-state index is 0. The van der Waals surface area contributed by atoms with Crippen molar-refractivity contribution in [1.82, 2.24) is 0 Å². The van der Waals surface area contributed by atoms with Crippen molar-refractivity contribution >= 4 is 148 Å². The summed E-state index contributed by atoms with van der Waals surface area (Å²) in [6.45, 7) is 2.39. The van der Waals surface area contributed by atoms with Gasteiger partial charge in [-0.2, -0.15) is 0 Å². The molecule has 0 spiro atoms. The maximum absolute atomic E-state index is 2.39. The van der Waals surface area contributed by atoms with Crippen LogP contribution >= 0.6 is 28.9 Å². The van der Waals surface area contributed by atoms with E-state index in [0.29, 0.717) is 0 Å². The number of hydrogen-bond acceptors (Lipinski definition) is 0. The van der Waals surface area contributed by atoms with Gasteiger partial charge in [0, 0.05) is 0 Å². The molecule has 0 aromatic rings. The van der Waals surface area contributed by atoms with Gasteiger partial charge in [-0.3, -0.25) is 0 Å². The van der Waals surface area contributed by atoms with Crippen LogP contribution in [0.25, 0.3) is 0 Å². The second-order valence-corrected chi connectivity index (χ2v) is 0. The summed E-state index contributed by atoms with van der Waals surface area (Å²) in [5.41, 5.74) is 0. The van der Waals surface area contributed by atoms with Crippen LogP contribution in [0.15, 0.2) is 0 Å². The van der Waals surface area contributed by atoms with Gasteiger partial charge in [-0.15, -0.1) is 0 Å². The van der Waals surface area contributed by atoms with Crippen LogP contribution in [0.2, 0.25) is 0 Å². The Morgan fingerprint density at radius 1 is 1.20 bits per heavy atom. The Morgan fingerprint density at radius 3 is 1.20 bits per heavy atom. The molecule has 0 nitrogen and oxygen atoms in total. The molecule has 0 radical (unpaired) electrons. The first-order valence-electron chi connectivity index (χ1n) is 0.218. The molecule has 0 saturated carbocycles. The molecular weight excluding hydrogens is 260 g/mol. The van der Waals surface area contributed by atoms with Crippen LogP contribution in [0.1, 0.15) is 0 Å². The zero-order chi connectivity index (χ0) is 2.00. The van der Waals surface area contributed by atoms with Gasteiger partial charge in [-0.25, -0.2) is 0 Å². The van der Waals surface area contributed by atoms with Crippen LogP contribution in [0, 0.1) is 0 Å². The molecule has 0 heterocycles. The third kappa shape index (κ3) is 17.6. The Morgan fingerprint density at radius 2 is 1.20 bits per heavy atom. The van der Waals surface area contributed by atoms with E-state index >= 15 is 0 Å². The molecule has 1 unspecified atom stereocenters. The number of rotatable bonds is 0. The third-order valence-corrected chi connectivity index (χ3v) is 0. The van der Waals surface area contributed by atoms with Gasteiger partial charge in [-0.1, -0.05) is 28.9 Å². The van der Waals surface area contributed by atoms with E-state index in [0.717, 1.165) is 0 Å². The first-order valence-corrected chi connectivity index (χ1v) is 4.39. The molecule has 0 aliphatic heterocycles. The summed E-state index contributed by atoms with van der Waals surface area (Å²) in [5.74, 6) is 0. The van der Waals surface area contributed by atoms with E-state index in [4.69, 9.17) is 0 Å². The van der Waals surface area contributed by atoms with Crippen molar-refractivity contribution in [3.8, 4) is 0 Å². The summed E-state index contributed by atoms with van der Waals surface area (Å²) in [4.78, 5) is 0. The van der Waals surface area contributed by atoms with Crippen molar-refractivity contribution in [1.29, 1.82) is 0 Å². The molecule has 0 aliphatic carbocycles. The quantitative estimate of drug-likeness (QED) is 0.300. The van der Waals surface area contributed by atoms with Gasteiger partial charge in [-0.05, 0) is 0 Å². The van der Waals surface area contributed by atoms with Gasteiger partial charge in [0.05, 0.1) is 0 Å². The standard InChI is InChI=1S/Ca.H2IP.K.Na.4H/c;1-2;;;;;;/h;2H2;;;;;;. The van der Waals surface area contributed by atoms with Crippen LogP contribution < -0.4 is 0 Å². The van der Waals surface area contributed by atoms with Crippen LogP contribution in [0.3, 0.4) is 0 Å². The Hall–Kier alpha value is 5.06. The summed E-state index contributed by atoms with van der Waals surface area (Å²) in [5, 5.41) is 0. The van der Waals surface area contributed by atoms with Crippen LogP contribution in [-0.4, -0.2) is 119 Å². The van der Waals surface area contributed by atoms with Gasteiger partial charge < -0.3 is 0 Å². The molecule has 1 atom stereocenters. The molecule has 0 aliphatic rings. The Balaban J connectivity index is -0.00000000167. The molecule has 0 amide bonds. The fourth-order valence-electron chi connectivity index (χ4n) is 0. The van der Waals surface area contributed by atoms with Crippen molar-refractivity contribution in [2.24, 2.45) is 0 Å². The maximum atomic E-state index is 2.39. The number of hydrogen-bond donors (Lipinski definition) is 0. The third-order valence-electron chi connectivity index (χ3n) is 0. The zero-order valence-corrected chi connectivity index (χ0v) is 4.27. The predicted octanol–water partition coefficient (Wildman–Crippen LogP) is -1.00. The van der Waals surface area contributed by atoms with E-state index in [1.165, 1.54) is 0 Å². The molecule has 22 valence electrons.